The van der Waals surface area contributed by atoms with E-state index in [4.69, 9.17) is 4.74 Å². The lowest BCUT2D eigenvalue weighted by Gasteiger charge is -2.24. The number of ether oxygens (including phenoxy) is 1. The average molecular weight is 225 g/mol. The minimum absolute atomic E-state index is 0.826. The maximum Gasteiger partial charge on any atom is 0.0495 e. The van der Waals surface area contributed by atoms with E-state index >= 15 is 0 Å². The van der Waals surface area contributed by atoms with E-state index in [-0.39, 0.29) is 0 Å². The summed E-state index contributed by atoms with van der Waals surface area (Å²) in [6, 6.07) is 0. The zero-order valence-electron chi connectivity index (χ0n) is 10.5. The lowest BCUT2D eigenvalue weighted by atomic mass is 9.87. The predicted octanol–water partition coefficient (Wildman–Crippen LogP) is 2.97. The van der Waals surface area contributed by atoms with Crippen molar-refractivity contribution < 1.29 is 4.74 Å². The molecule has 1 saturated heterocycles. The standard InChI is InChI=1S/C14H27NO/c1-2-4-13(5-3-1)8-11-16-12-14-6-9-15-10-7-14/h13-15H,1-12H2. The van der Waals surface area contributed by atoms with Crippen molar-refractivity contribution in [3.05, 3.63) is 0 Å². The first-order valence-electron chi connectivity index (χ1n) is 7.23. The van der Waals surface area contributed by atoms with Crippen LogP contribution in [0.1, 0.15) is 51.4 Å². The van der Waals surface area contributed by atoms with Crippen molar-refractivity contribution in [3.63, 3.8) is 0 Å². The summed E-state index contributed by atoms with van der Waals surface area (Å²) in [6.45, 7) is 4.40. The van der Waals surface area contributed by atoms with Crippen LogP contribution < -0.4 is 5.32 Å². The number of piperidine rings is 1. The third kappa shape index (κ3) is 4.42. The predicted molar refractivity (Wildman–Crippen MR) is 67.6 cm³/mol. The van der Waals surface area contributed by atoms with Gasteiger partial charge in [-0.05, 0) is 44.2 Å². The van der Waals surface area contributed by atoms with Gasteiger partial charge in [0, 0.05) is 13.2 Å². The van der Waals surface area contributed by atoms with Gasteiger partial charge in [0.05, 0.1) is 0 Å². The topological polar surface area (TPSA) is 21.3 Å². The Labute approximate surface area is 100 Å². The fourth-order valence-corrected chi connectivity index (χ4v) is 3.02. The van der Waals surface area contributed by atoms with Gasteiger partial charge < -0.3 is 10.1 Å². The van der Waals surface area contributed by atoms with Gasteiger partial charge in [-0.25, -0.2) is 0 Å². The Morgan fingerprint density at radius 1 is 0.875 bits per heavy atom. The smallest absolute Gasteiger partial charge is 0.0495 e. The minimum Gasteiger partial charge on any atom is -0.381 e. The highest BCUT2D eigenvalue weighted by Gasteiger charge is 2.15. The van der Waals surface area contributed by atoms with E-state index < -0.39 is 0 Å². The molecule has 0 amide bonds. The average Bonchev–Trinajstić information content (AvgIpc) is 2.37. The molecule has 1 heterocycles. The quantitative estimate of drug-likeness (QED) is 0.726. The van der Waals surface area contributed by atoms with Crippen LogP contribution in [0.15, 0.2) is 0 Å². The summed E-state index contributed by atoms with van der Waals surface area (Å²) in [6.07, 6.45) is 11.2. The Morgan fingerprint density at radius 2 is 1.62 bits per heavy atom. The molecule has 0 radical (unpaired) electrons. The monoisotopic (exact) mass is 225 g/mol. The molecule has 2 fully saturated rings. The molecule has 2 rings (SSSR count). The van der Waals surface area contributed by atoms with Crippen LogP contribution in [0, 0.1) is 11.8 Å². The van der Waals surface area contributed by atoms with E-state index in [0.29, 0.717) is 0 Å². The van der Waals surface area contributed by atoms with Gasteiger partial charge in [0.1, 0.15) is 0 Å². The SMILES string of the molecule is C1CCC(CCOCC2CCNCC2)CC1. The van der Waals surface area contributed by atoms with Crippen molar-refractivity contribution >= 4 is 0 Å². The fourth-order valence-electron chi connectivity index (χ4n) is 3.02. The van der Waals surface area contributed by atoms with Crippen molar-refractivity contribution in [1.29, 1.82) is 0 Å². The van der Waals surface area contributed by atoms with Gasteiger partial charge >= 0.3 is 0 Å². The van der Waals surface area contributed by atoms with Gasteiger partial charge in [0.15, 0.2) is 0 Å². The molecule has 0 spiro atoms. The highest BCUT2D eigenvalue weighted by molar-refractivity contribution is 4.68. The van der Waals surface area contributed by atoms with Crippen molar-refractivity contribution in [3.8, 4) is 0 Å². The van der Waals surface area contributed by atoms with Crippen molar-refractivity contribution in [1.82, 2.24) is 5.32 Å². The van der Waals surface area contributed by atoms with Gasteiger partial charge in [0.2, 0.25) is 0 Å². The van der Waals surface area contributed by atoms with Crippen LogP contribution in [-0.2, 0) is 4.74 Å². The van der Waals surface area contributed by atoms with Gasteiger partial charge in [-0.1, -0.05) is 32.1 Å². The van der Waals surface area contributed by atoms with Gasteiger partial charge in [0.25, 0.3) is 0 Å². The van der Waals surface area contributed by atoms with Crippen LogP contribution in [0.25, 0.3) is 0 Å². The Bertz CT molecular complexity index is 152. The molecule has 1 aliphatic carbocycles. The number of nitrogens with one attached hydrogen (secondary N) is 1. The summed E-state index contributed by atoms with van der Waals surface area (Å²) in [4.78, 5) is 0. The molecule has 2 heteroatoms. The van der Waals surface area contributed by atoms with E-state index in [1.807, 2.05) is 0 Å². The molecule has 2 aliphatic rings. The molecule has 0 unspecified atom stereocenters. The Hall–Kier alpha value is -0.0800. The molecule has 1 aliphatic heterocycles. The van der Waals surface area contributed by atoms with Crippen LogP contribution in [0.5, 0.6) is 0 Å². The molecule has 0 aromatic heterocycles. The summed E-state index contributed by atoms with van der Waals surface area (Å²) in [7, 11) is 0. The van der Waals surface area contributed by atoms with E-state index in [2.05, 4.69) is 5.32 Å². The molecule has 0 aromatic carbocycles. The third-order valence-electron chi connectivity index (χ3n) is 4.21. The number of hydrogen-bond acceptors (Lipinski definition) is 2. The molecular formula is C14H27NO. The molecular weight excluding hydrogens is 198 g/mol. The lowest BCUT2D eigenvalue weighted by Crippen LogP contribution is -2.30. The highest BCUT2D eigenvalue weighted by atomic mass is 16.5. The van der Waals surface area contributed by atoms with Crippen LogP contribution in [-0.4, -0.2) is 26.3 Å². The Balaban J connectivity index is 1.47. The summed E-state index contributed by atoms with van der Waals surface area (Å²) in [5, 5.41) is 3.40. The summed E-state index contributed by atoms with van der Waals surface area (Å²) in [5.74, 6) is 1.80. The normalized spacial score (nSPS) is 24.8. The van der Waals surface area contributed by atoms with Crippen molar-refractivity contribution in [2.45, 2.75) is 51.4 Å². The van der Waals surface area contributed by atoms with E-state index in [1.54, 1.807) is 0 Å². The van der Waals surface area contributed by atoms with Crippen LogP contribution in [0.4, 0.5) is 0 Å². The van der Waals surface area contributed by atoms with Crippen molar-refractivity contribution in [2.75, 3.05) is 26.3 Å². The zero-order valence-corrected chi connectivity index (χ0v) is 10.5. The van der Waals surface area contributed by atoms with Gasteiger partial charge in [-0.3, -0.25) is 0 Å². The Morgan fingerprint density at radius 3 is 2.38 bits per heavy atom. The molecule has 1 saturated carbocycles. The van der Waals surface area contributed by atoms with Crippen LogP contribution >= 0.6 is 0 Å². The molecule has 0 bridgehead atoms. The molecule has 16 heavy (non-hydrogen) atoms. The maximum absolute atomic E-state index is 5.85. The van der Waals surface area contributed by atoms with Gasteiger partial charge in [-0.2, -0.15) is 0 Å². The maximum atomic E-state index is 5.85. The summed E-state index contributed by atoms with van der Waals surface area (Å²) < 4.78 is 5.85. The second-order valence-corrected chi connectivity index (χ2v) is 5.56. The minimum atomic E-state index is 0.826. The van der Waals surface area contributed by atoms with Crippen LogP contribution in [0.3, 0.4) is 0 Å². The third-order valence-corrected chi connectivity index (χ3v) is 4.21. The molecule has 94 valence electrons. The first-order chi connectivity index (χ1) is 7.95. The van der Waals surface area contributed by atoms with Crippen LogP contribution in [0.2, 0.25) is 0 Å². The fraction of sp³-hybridized carbons (Fsp3) is 1.00. The van der Waals surface area contributed by atoms with E-state index in [0.717, 1.165) is 25.0 Å². The van der Waals surface area contributed by atoms with E-state index in [1.165, 1.54) is 64.5 Å². The molecule has 1 N–H and O–H groups in total. The second-order valence-electron chi connectivity index (χ2n) is 5.56. The molecule has 2 nitrogen and oxygen atoms in total. The first-order valence-corrected chi connectivity index (χ1v) is 7.23. The largest absolute Gasteiger partial charge is 0.381 e. The summed E-state index contributed by atoms with van der Waals surface area (Å²) in [5.41, 5.74) is 0. The zero-order chi connectivity index (χ0) is 11.1. The van der Waals surface area contributed by atoms with Crippen molar-refractivity contribution in [2.24, 2.45) is 11.8 Å². The first kappa shape index (κ1) is 12.4. The summed E-state index contributed by atoms with van der Waals surface area (Å²) >= 11 is 0. The Kier molecular flexibility index (Phi) is 5.64. The lowest BCUT2D eigenvalue weighted by molar-refractivity contribution is 0.0746. The highest BCUT2D eigenvalue weighted by Crippen LogP contribution is 2.26. The molecule has 0 atom stereocenters. The van der Waals surface area contributed by atoms with Gasteiger partial charge in [-0.15, -0.1) is 0 Å². The second kappa shape index (κ2) is 7.29. The number of rotatable bonds is 5. The van der Waals surface area contributed by atoms with E-state index in [9.17, 15) is 0 Å². The number of hydrogen-bond donors (Lipinski definition) is 1. The molecule has 0 aromatic rings.